The summed E-state index contributed by atoms with van der Waals surface area (Å²) in [5.41, 5.74) is 2.57. The number of carbonyl (C=O) groups excluding carboxylic acids is 1. The van der Waals surface area contributed by atoms with E-state index in [-0.39, 0.29) is 5.66 Å². The highest BCUT2D eigenvalue weighted by Crippen LogP contribution is 2.48. The van der Waals surface area contributed by atoms with Gasteiger partial charge in [-0.3, -0.25) is 9.69 Å². The minimum Gasteiger partial charge on any atom is -0.493 e. The molecule has 3 aliphatic heterocycles. The monoisotopic (exact) mass is 316 g/mol. The molecular formula is C18H24N2O3. The Morgan fingerprint density at radius 3 is 2.61 bits per heavy atom. The zero-order valence-corrected chi connectivity index (χ0v) is 14.1. The van der Waals surface area contributed by atoms with Gasteiger partial charge < -0.3 is 14.4 Å². The molecule has 1 aromatic rings. The Balaban J connectivity index is 1.75. The van der Waals surface area contributed by atoms with Gasteiger partial charge in [0.2, 0.25) is 5.91 Å². The van der Waals surface area contributed by atoms with E-state index in [9.17, 15) is 4.79 Å². The highest BCUT2D eigenvalue weighted by Gasteiger charge is 2.52. The van der Waals surface area contributed by atoms with Gasteiger partial charge in [0.15, 0.2) is 11.5 Å². The highest BCUT2D eigenvalue weighted by molar-refractivity contribution is 5.79. The van der Waals surface area contributed by atoms with Gasteiger partial charge in [-0.25, -0.2) is 0 Å². The van der Waals surface area contributed by atoms with E-state index in [1.807, 2.05) is 0 Å². The van der Waals surface area contributed by atoms with Crippen LogP contribution in [0.2, 0.25) is 0 Å². The van der Waals surface area contributed by atoms with Gasteiger partial charge in [0.05, 0.1) is 19.9 Å². The van der Waals surface area contributed by atoms with Crippen molar-refractivity contribution in [3.8, 4) is 11.5 Å². The summed E-state index contributed by atoms with van der Waals surface area (Å²) in [4.78, 5) is 16.8. The number of hydrogen-bond acceptors (Lipinski definition) is 4. The van der Waals surface area contributed by atoms with Crippen molar-refractivity contribution >= 4 is 5.91 Å². The summed E-state index contributed by atoms with van der Waals surface area (Å²) in [6, 6.07) is 4.63. The van der Waals surface area contributed by atoms with Crippen LogP contribution in [0.4, 0.5) is 0 Å². The number of benzene rings is 1. The lowest BCUT2D eigenvalue weighted by molar-refractivity contribution is -0.146. The summed E-state index contributed by atoms with van der Waals surface area (Å²) < 4.78 is 11.0. The van der Waals surface area contributed by atoms with Crippen molar-refractivity contribution < 1.29 is 14.3 Å². The van der Waals surface area contributed by atoms with Gasteiger partial charge in [-0.2, -0.15) is 0 Å². The summed E-state index contributed by atoms with van der Waals surface area (Å²) in [5.74, 6) is 1.91. The molecule has 5 nitrogen and oxygen atoms in total. The molecular weight excluding hydrogens is 292 g/mol. The molecule has 2 saturated heterocycles. The molecule has 3 aliphatic rings. The van der Waals surface area contributed by atoms with Crippen molar-refractivity contribution in [1.29, 1.82) is 0 Å². The number of hydrogen-bond donors (Lipinski definition) is 0. The normalized spacial score (nSPS) is 29.8. The van der Waals surface area contributed by atoms with Crippen LogP contribution < -0.4 is 9.47 Å². The van der Waals surface area contributed by atoms with Crippen LogP contribution in [0.5, 0.6) is 11.5 Å². The van der Waals surface area contributed by atoms with Gasteiger partial charge in [0.1, 0.15) is 0 Å². The first-order chi connectivity index (χ1) is 11.1. The van der Waals surface area contributed by atoms with Crippen molar-refractivity contribution in [3.63, 3.8) is 0 Å². The minimum absolute atomic E-state index is 0.120. The molecule has 2 fully saturated rings. The first-order valence-electron chi connectivity index (χ1n) is 8.40. The number of amides is 1. The topological polar surface area (TPSA) is 42.0 Å². The van der Waals surface area contributed by atoms with E-state index >= 15 is 0 Å². The van der Waals surface area contributed by atoms with E-state index < -0.39 is 0 Å². The second-order valence-electron chi connectivity index (χ2n) is 6.92. The minimum atomic E-state index is -0.120. The van der Waals surface area contributed by atoms with Crippen LogP contribution in [0.3, 0.4) is 0 Å². The van der Waals surface area contributed by atoms with Crippen LogP contribution in [0.15, 0.2) is 12.1 Å². The van der Waals surface area contributed by atoms with E-state index in [0.29, 0.717) is 18.4 Å². The summed E-state index contributed by atoms with van der Waals surface area (Å²) >= 11 is 0. The lowest BCUT2D eigenvalue weighted by atomic mass is 9.85. The molecule has 0 spiro atoms. The van der Waals surface area contributed by atoms with Gasteiger partial charge in [-0.05, 0) is 49.4 Å². The molecule has 0 saturated carbocycles. The van der Waals surface area contributed by atoms with E-state index in [0.717, 1.165) is 43.9 Å². The molecule has 2 atom stereocenters. The molecule has 4 rings (SSSR count). The van der Waals surface area contributed by atoms with Crippen molar-refractivity contribution in [3.05, 3.63) is 23.3 Å². The molecule has 5 heteroatoms. The van der Waals surface area contributed by atoms with E-state index in [1.54, 1.807) is 14.2 Å². The van der Waals surface area contributed by atoms with Gasteiger partial charge >= 0.3 is 0 Å². The Labute approximate surface area is 137 Å². The molecule has 23 heavy (non-hydrogen) atoms. The average molecular weight is 316 g/mol. The lowest BCUT2D eigenvalue weighted by Crippen LogP contribution is -2.62. The predicted molar refractivity (Wildman–Crippen MR) is 86.7 cm³/mol. The standard InChI is InChI=1S/C18H24N2O3/c1-18-7-4-17(21)20(18)9-6-14-13-11-16(23-3)15(22-2)10-12(13)5-8-19(14)18/h10-11,14H,4-9H2,1-3H3/t14-,18+/m1/s1. The van der Waals surface area contributed by atoms with Gasteiger partial charge in [-0.1, -0.05) is 0 Å². The predicted octanol–water partition coefficient (Wildman–Crippen LogP) is 2.35. The SMILES string of the molecule is COc1cc2c(cc1OC)[C@H]1CCN3C(=O)CC[C@@]3(C)N1CC2. The molecule has 1 aromatic carbocycles. The van der Waals surface area contributed by atoms with Crippen LogP contribution >= 0.6 is 0 Å². The lowest BCUT2D eigenvalue weighted by Gasteiger charge is -2.55. The van der Waals surface area contributed by atoms with Gasteiger partial charge in [-0.15, -0.1) is 0 Å². The average Bonchev–Trinajstić information content (AvgIpc) is 2.88. The Morgan fingerprint density at radius 2 is 1.87 bits per heavy atom. The first-order valence-corrected chi connectivity index (χ1v) is 8.40. The van der Waals surface area contributed by atoms with Crippen LogP contribution in [-0.4, -0.2) is 48.7 Å². The molecule has 0 unspecified atom stereocenters. The van der Waals surface area contributed by atoms with Crippen molar-refractivity contribution in [1.82, 2.24) is 9.80 Å². The van der Waals surface area contributed by atoms with E-state index in [4.69, 9.17) is 9.47 Å². The van der Waals surface area contributed by atoms with E-state index in [2.05, 4.69) is 28.9 Å². The second-order valence-corrected chi connectivity index (χ2v) is 6.92. The Morgan fingerprint density at radius 1 is 1.13 bits per heavy atom. The summed E-state index contributed by atoms with van der Waals surface area (Å²) in [6.07, 6.45) is 3.59. The smallest absolute Gasteiger partial charge is 0.224 e. The molecule has 0 aromatic heterocycles. The summed E-state index contributed by atoms with van der Waals surface area (Å²) in [5, 5.41) is 0. The fraction of sp³-hybridized carbons (Fsp3) is 0.611. The van der Waals surface area contributed by atoms with Crippen molar-refractivity contribution in [2.45, 2.75) is 44.3 Å². The number of nitrogens with zero attached hydrogens (tertiary/aromatic N) is 2. The van der Waals surface area contributed by atoms with Crippen LogP contribution in [0.1, 0.15) is 43.4 Å². The van der Waals surface area contributed by atoms with Gasteiger partial charge in [0.25, 0.3) is 0 Å². The fourth-order valence-electron chi connectivity index (χ4n) is 4.71. The highest BCUT2D eigenvalue weighted by atomic mass is 16.5. The first kappa shape index (κ1) is 14.8. The molecule has 0 bridgehead atoms. The number of fused-ring (bicyclic) bond motifs is 5. The van der Waals surface area contributed by atoms with Gasteiger partial charge in [0, 0.05) is 25.6 Å². The number of carbonyl (C=O) groups is 1. The number of ether oxygens (including phenoxy) is 2. The summed E-state index contributed by atoms with van der Waals surface area (Å²) in [7, 11) is 3.37. The fourth-order valence-corrected chi connectivity index (χ4v) is 4.71. The maximum atomic E-state index is 12.2. The molecule has 1 amide bonds. The number of methoxy groups -OCH3 is 2. The molecule has 124 valence electrons. The Bertz CT molecular complexity index is 660. The van der Waals surface area contributed by atoms with Crippen molar-refractivity contribution in [2.75, 3.05) is 27.3 Å². The zero-order valence-electron chi connectivity index (χ0n) is 14.1. The van der Waals surface area contributed by atoms with Crippen LogP contribution in [0, 0.1) is 0 Å². The zero-order chi connectivity index (χ0) is 16.2. The summed E-state index contributed by atoms with van der Waals surface area (Å²) in [6.45, 7) is 4.08. The van der Waals surface area contributed by atoms with Crippen LogP contribution in [-0.2, 0) is 11.2 Å². The largest absolute Gasteiger partial charge is 0.493 e. The van der Waals surface area contributed by atoms with Crippen LogP contribution in [0.25, 0.3) is 0 Å². The third kappa shape index (κ3) is 1.99. The maximum Gasteiger partial charge on any atom is 0.224 e. The second kappa shape index (κ2) is 5.13. The maximum absolute atomic E-state index is 12.2. The van der Waals surface area contributed by atoms with E-state index in [1.165, 1.54) is 11.1 Å². The molecule has 0 radical (unpaired) electrons. The Kier molecular flexibility index (Phi) is 3.30. The Hall–Kier alpha value is -1.75. The number of rotatable bonds is 2. The molecule has 3 heterocycles. The van der Waals surface area contributed by atoms with Crippen molar-refractivity contribution in [2.24, 2.45) is 0 Å². The third-order valence-electron chi connectivity index (χ3n) is 5.94. The third-order valence-corrected chi connectivity index (χ3v) is 5.94. The molecule has 0 N–H and O–H groups in total. The quantitative estimate of drug-likeness (QED) is 0.840. The molecule has 0 aliphatic carbocycles.